The van der Waals surface area contributed by atoms with Crippen LogP contribution in [0.25, 0.3) is 11.4 Å². The zero-order valence-electron chi connectivity index (χ0n) is 15.6. The third kappa shape index (κ3) is 3.99. The number of aromatic nitrogens is 2. The molecule has 0 aliphatic heterocycles. The van der Waals surface area contributed by atoms with Crippen LogP contribution in [-0.4, -0.2) is 27.0 Å². The highest BCUT2D eigenvalue weighted by Gasteiger charge is 2.22. The molecule has 1 heterocycles. The minimum atomic E-state index is -0.0428. The quantitative estimate of drug-likeness (QED) is 0.685. The van der Waals surface area contributed by atoms with E-state index in [1.165, 1.54) is 5.56 Å². The van der Waals surface area contributed by atoms with Gasteiger partial charge in [-0.1, -0.05) is 52.7 Å². The number of benzene rings is 2. The maximum atomic E-state index is 12.9. The summed E-state index contributed by atoms with van der Waals surface area (Å²) in [5.41, 5.74) is 3.79. The van der Waals surface area contributed by atoms with E-state index < -0.39 is 0 Å². The highest BCUT2D eigenvalue weighted by Crippen LogP contribution is 2.18. The van der Waals surface area contributed by atoms with Crippen molar-refractivity contribution in [3.8, 4) is 11.4 Å². The van der Waals surface area contributed by atoms with Gasteiger partial charge >= 0.3 is 0 Å². The first-order valence-electron chi connectivity index (χ1n) is 8.71. The highest BCUT2D eigenvalue weighted by atomic mass is 16.5. The molecule has 0 saturated carbocycles. The summed E-state index contributed by atoms with van der Waals surface area (Å²) in [5.74, 6) is 0.917. The molecule has 0 atom stereocenters. The average Bonchev–Trinajstić information content (AvgIpc) is 3.08. The van der Waals surface area contributed by atoms with Gasteiger partial charge in [0.15, 0.2) is 0 Å². The molecule has 0 aliphatic carbocycles. The van der Waals surface area contributed by atoms with Crippen molar-refractivity contribution in [3.05, 3.63) is 71.1 Å². The van der Waals surface area contributed by atoms with Gasteiger partial charge < -0.3 is 9.42 Å². The number of amides is 1. The third-order valence-corrected chi connectivity index (χ3v) is 4.23. The zero-order chi connectivity index (χ0) is 18.7. The normalized spacial score (nSPS) is 11.0. The van der Waals surface area contributed by atoms with Crippen molar-refractivity contribution in [3.63, 3.8) is 0 Å². The number of nitrogens with zero attached hydrogens (tertiary/aromatic N) is 3. The summed E-state index contributed by atoms with van der Waals surface area (Å²) < 4.78 is 5.38. The summed E-state index contributed by atoms with van der Waals surface area (Å²) >= 11 is 0. The SMILES string of the molecule is Cc1ccc(-c2noc(CN(C(=O)c3cccc(C)c3)C(C)C)n2)cc1. The molecular formula is C21H23N3O2. The summed E-state index contributed by atoms with van der Waals surface area (Å²) in [7, 11) is 0. The maximum Gasteiger partial charge on any atom is 0.254 e. The molecule has 2 aromatic carbocycles. The molecule has 26 heavy (non-hydrogen) atoms. The predicted molar refractivity (Wildman–Crippen MR) is 101 cm³/mol. The number of carbonyl (C=O) groups excluding carboxylic acids is 1. The molecule has 0 fully saturated rings. The van der Waals surface area contributed by atoms with Gasteiger partial charge in [0.25, 0.3) is 5.91 Å². The molecule has 1 amide bonds. The Balaban J connectivity index is 1.80. The van der Waals surface area contributed by atoms with Gasteiger partial charge in [0, 0.05) is 17.2 Å². The van der Waals surface area contributed by atoms with E-state index in [0.29, 0.717) is 17.3 Å². The number of carbonyl (C=O) groups is 1. The average molecular weight is 349 g/mol. The highest BCUT2D eigenvalue weighted by molar-refractivity contribution is 5.94. The van der Waals surface area contributed by atoms with Gasteiger partial charge in [0.1, 0.15) is 6.54 Å². The van der Waals surface area contributed by atoms with E-state index in [2.05, 4.69) is 10.1 Å². The maximum absolute atomic E-state index is 12.9. The molecule has 0 unspecified atom stereocenters. The van der Waals surface area contributed by atoms with Crippen LogP contribution in [0.2, 0.25) is 0 Å². The standard InChI is InChI=1S/C21H23N3O2/c1-14(2)24(21(25)18-7-5-6-16(4)12-18)13-19-22-20(23-26-19)17-10-8-15(3)9-11-17/h5-12,14H,13H2,1-4H3. The smallest absolute Gasteiger partial charge is 0.254 e. The number of hydrogen-bond donors (Lipinski definition) is 0. The minimum Gasteiger partial charge on any atom is -0.337 e. The van der Waals surface area contributed by atoms with E-state index in [4.69, 9.17) is 4.52 Å². The fourth-order valence-corrected chi connectivity index (χ4v) is 2.72. The van der Waals surface area contributed by atoms with E-state index in [0.717, 1.165) is 11.1 Å². The molecule has 134 valence electrons. The van der Waals surface area contributed by atoms with Gasteiger partial charge in [0.05, 0.1) is 0 Å². The zero-order valence-corrected chi connectivity index (χ0v) is 15.6. The fourth-order valence-electron chi connectivity index (χ4n) is 2.72. The molecule has 0 spiro atoms. The Morgan fingerprint density at radius 1 is 1.08 bits per heavy atom. The first kappa shape index (κ1) is 17.9. The predicted octanol–water partition coefficient (Wildman–Crippen LogP) is 4.40. The second-order valence-electron chi connectivity index (χ2n) is 6.77. The van der Waals surface area contributed by atoms with E-state index in [9.17, 15) is 4.79 Å². The van der Waals surface area contributed by atoms with Crippen LogP contribution in [0.5, 0.6) is 0 Å². The van der Waals surface area contributed by atoms with Gasteiger partial charge in [-0.25, -0.2) is 0 Å². The summed E-state index contributed by atoms with van der Waals surface area (Å²) in [5, 5.41) is 4.05. The lowest BCUT2D eigenvalue weighted by Gasteiger charge is -2.25. The van der Waals surface area contributed by atoms with Gasteiger partial charge in [-0.2, -0.15) is 4.98 Å². The second-order valence-corrected chi connectivity index (χ2v) is 6.77. The Kier molecular flexibility index (Phi) is 5.16. The molecule has 0 N–H and O–H groups in total. The van der Waals surface area contributed by atoms with Crippen LogP contribution in [-0.2, 0) is 6.54 Å². The first-order valence-corrected chi connectivity index (χ1v) is 8.71. The van der Waals surface area contributed by atoms with Gasteiger partial charge in [-0.15, -0.1) is 0 Å². The second kappa shape index (κ2) is 7.52. The monoisotopic (exact) mass is 349 g/mol. The Bertz CT molecular complexity index is 898. The lowest BCUT2D eigenvalue weighted by atomic mass is 10.1. The van der Waals surface area contributed by atoms with Gasteiger partial charge in [-0.3, -0.25) is 4.79 Å². The lowest BCUT2D eigenvalue weighted by Crippen LogP contribution is -2.36. The minimum absolute atomic E-state index is 0.0118. The molecule has 0 bridgehead atoms. The van der Waals surface area contributed by atoms with E-state index in [-0.39, 0.29) is 18.5 Å². The van der Waals surface area contributed by atoms with Crippen LogP contribution in [0.4, 0.5) is 0 Å². The van der Waals surface area contributed by atoms with Crippen LogP contribution in [0.1, 0.15) is 41.2 Å². The summed E-state index contributed by atoms with van der Waals surface area (Å²) in [6.07, 6.45) is 0. The Morgan fingerprint density at radius 2 is 1.81 bits per heavy atom. The summed E-state index contributed by atoms with van der Waals surface area (Å²) in [6.45, 7) is 8.24. The van der Waals surface area contributed by atoms with E-state index in [1.54, 1.807) is 4.90 Å². The summed E-state index contributed by atoms with van der Waals surface area (Å²) in [6, 6.07) is 15.5. The summed E-state index contributed by atoms with van der Waals surface area (Å²) in [4.78, 5) is 19.1. The Labute approximate surface area is 153 Å². The molecule has 5 nitrogen and oxygen atoms in total. The Hall–Kier alpha value is -2.95. The van der Waals surface area contributed by atoms with Crippen LogP contribution >= 0.6 is 0 Å². The van der Waals surface area contributed by atoms with Crippen molar-refractivity contribution in [2.75, 3.05) is 0 Å². The van der Waals surface area contributed by atoms with Crippen molar-refractivity contribution in [2.24, 2.45) is 0 Å². The Morgan fingerprint density at radius 3 is 2.46 bits per heavy atom. The topological polar surface area (TPSA) is 59.2 Å². The molecule has 0 aliphatic rings. The van der Waals surface area contributed by atoms with Crippen LogP contribution in [0.3, 0.4) is 0 Å². The first-order chi connectivity index (χ1) is 12.4. The molecule has 3 aromatic rings. The van der Waals surface area contributed by atoms with Crippen molar-refractivity contribution in [2.45, 2.75) is 40.3 Å². The fraction of sp³-hybridized carbons (Fsp3) is 0.286. The van der Waals surface area contributed by atoms with Crippen LogP contribution in [0, 0.1) is 13.8 Å². The number of rotatable bonds is 5. The molecule has 3 rings (SSSR count). The van der Waals surface area contributed by atoms with Crippen molar-refractivity contribution >= 4 is 5.91 Å². The van der Waals surface area contributed by atoms with Crippen LogP contribution < -0.4 is 0 Å². The van der Waals surface area contributed by atoms with Crippen molar-refractivity contribution in [1.29, 1.82) is 0 Å². The van der Waals surface area contributed by atoms with Gasteiger partial charge in [-0.05, 0) is 39.8 Å². The van der Waals surface area contributed by atoms with E-state index in [1.807, 2.05) is 76.2 Å². The third-order valence-electron chi connectivity index (χ3n) is 4.23. The van der Waals surface area contributed by atoms with Gasteiger partial charge in [0.2, 0.25) is 11.7 Å². The molecule has 0 radical (unpaired) electrons. The number of aryl methyl sites for hydroxylation is 2. The van der Waals surface area contributed by atoms with Crippen LogP contribution in [0.15, 0.2) is 53.1 Å². The molecule has 0 saturated heterocycles. The number of hydrogen-bond acceptors (Lipinski definition) is 4. The molecule has 1 aromatic heterocycles. The van der Waals surface area contributed by atoms with E-state index >= 15 is 0 Å². The lowest BCUT2D eigenvalue weighted by molar-refractivity contribution is 0.0667. The molecule has 5 heteroatoms. The molecular weight excluding hydrogens is 326 g/mol. The van der Waals surface area contributed by atoms with Crippen molar-refractivity contribution < 1.29 is 9.32 Å². The largest absolute Gasteiger partial charge is 0.337 e. The van der Waals surface area contributed by atoms with Crippen molar-refractivity contribution in [1.82, 2.24) is 15.0 Å².